The van der Waals surface area contributed by atoms with Crippen LogP contribution >= 0.6 is 0 Å². The van der Waals surface area contributed by atoms with Gasteiger partial charge in [0.1, 0.15) is 0 Å². The molecular weight excluding hydrogens is 254 g/mol. The summed E-state index contributed by atoms with van der Waals surface area (Å²) in [6.45, 7) is 4.28. The van der Waals surface area contributed by atoms with Gasteiger partial charge in [0.05, 0.1) is 12.5 Å². The van der Waals surface area contributed by atoms with Crippen LogP contribution in [0.4, 0.5) is 0 Å². The lowest BCUT2D eigenvalue weighted by Crippen LogP contribution is -2.42. The molecule has 0 aliphatic heterocycles. The lowest BCUT2D eigenvalue weighted by molar-refractivity contribution is -0.132. The summed E-state index contributed by atoms with van der Waals surface area (Å²) in [7, 11) is 1.70. The Morgan fingerprint density at radius 3 is 2.45 bits per heavy atom. The van der Waals surface area contributed by atoms with Crippen LogP contribution < -0.4 is 11.1 Å². The van der Waals surface area contributed by atoms with Gasteiger partial charge >= 0.3 is 0 Å². The van der Waals surface area contributed by atoms with E-state index >= 15 is 0 Å². The maximum atomic E-state index is 12.0. The van der Waals surface area contributed by atoms with Crippen molar-refractivity contribution in [2.45, 2.75) is 19.9 Å². The van der Waals surface area contributed by atoms with Gasteiger partial charge in [-0.2, -0.15) is 0 Å². The van der Waals surface area contributed by atoms with Crippen LogP contribution in [0.25, 0.3) is 0 Å². The zero-order valence-electron chi connectivity index (χ0n) is 12.3. The highest BCUT2D eigenvalue weighted by Crippen LogP contribution is 2.18. The summed E-state index contributed by atoms with van der Waals surface area (Å²) in [5.74, 6) is -0.710. The molecule has 1 aromatic carbocycles. The number of rotatable bonds is 6. The number of benzene rings is 1. The summed E-state index contributed by atoms with van der Waals surface area (Å²) >= 11 is 0. The zero-order valence-corrected chi connectivity index (χ0v) is 12.3. The number of nitrogens with zero attached hydrogens (tertiary/aromatic N) is 1. The van der Waals surface area contributed by atoms with Gasteiger partial charge in [0.25, 0.3) is 0 Å². The Labute approximate surface area is 120 Å². The Balaban J connectivity index is 2.53. The number of amides is 2. The second-order valence-electron chi connectivity index (χ2n) is 4.85. The highest BCUT2D eigenvalue weighted by Gasteiger charge is 2.22. The van der Waals surface area contributed by atoms with Gasteiger partial charge in [0.15, 0.2) is 0 Å². The van der Waals surface area contributed by atoms with Gasteiger partial charge < -0.3 is 16.0 Å². The van der Waals surface area contributed by atoms with Crippen molar-refractivity contribution in [3.63, 3.8) is 0 Å². The molecule has 2 amide bonds. The molecule has 3 N–H and O–H groups in total. The number of nitrogens with one attached hydrogen (secondary N) is 1. The first-order valence-corrected chi connectivity index (χ1v) is 6.79. The maximum absolute atomic E-state index is 12.0. The van der Waals surface area contributed by atoms with E-state index in [-0.39, 0.29) is 24.4 Å². The Morgan fingerprint density at radius 1 is 1.30 bits per heavy atom. The molecule has 0 spiro atoms. The third-order valence-electron chi connectivity index (χ3n) is 3.45. The van der Waals surface area contributed by atoms with Gasteiger partial charge in [-0.15, -0.1) is 0 Å². The van der Waals surface area contributed by atoms with Crippen LogP contribution in [0.15, 0.2) is 30.3 Å². The fourth-order valence-corrected chi connectivity index (χ4v) is 1.76. The van der Waals surface area contributed by atoms with E-state index in [1.807, 2.05) is 37.3 Å². The van der Waals surface area contributed by atoms with Crippen LogP contribution in [-0.2, 0) is 9.59 Å². The van der Waals surface area contributed by atoms with Gasteiger partial charge in [-0.3, -0.25) is 9.59 Å². The molecule has 0 fully saturated rings. The van der Waals surface area contributed by atoms with Gasteiger partial charge in [0.2, 0.25) is 11.8 Å². The lowest BCUT2D eigenvalue weighted by atomic mass is 9.95. The Bertz CT molecular complexity index is 448. The van der Waals surface area contributed by atoms with Crippen LogP contribution in [0.1, 0.15) is 25.5 Å². The molecule has 110 valence electrons. The van der Waals surface area contributed by atoms with Crippen molar-refractivity contribution in [1.29, 1.82) is 0 Å². The molecule has 0 heterocycles. The first kappa shape index (κ1) is 16.2. The molecular formula is C15H23N3O2. The number of hydrogen-bond donors (Lipinski definition) is 2. The summed E-state index contributed by atoms with van der Waals surface area (Å²) in [4.78, 5) is 25.2. The molecule has 5 nitrogen and oxygen atoms in total. The van der Waals surface area contributed by atoms with E-state index in [1.54, 1.807) is 18.9 Å². The molecule has 5 heteroatoms. The first-order valence-electron chi connectivity index (χ1n) is 6.79. The van der Waals surface area contributed by atoms with E-state index in [0.29, 0.717) is 6.54 Å². The Hall–Kier alpha value is -1.88. The molecule has 0 aliphatic carbocycles. The molecule has 0 aliphatic rings. The van der Waals surface area contributed by atoms with E-state index in [1.165, 1.54) is 0 Å². The highest BCUT2D eigenvalue weighted by molar-refractivity contribution is 5.86. The Morgan fingerprint density at radius 2 is 1.90 bits per heavy atom. The summed E-state index contributed by atoms with van der Waals surface area (Å²) in [5, 5.41) is 2.64. The van der Waals surface area contributed by atoms with Crippen LogP contribution in [0.3, 0.4) is 0 Å². The van der Waals surface area contributed by atoms with Crippen LogP contribution in [0.2, 0.25) is 0 Å². The van der Waals surface area contributed by atoms with E-state index < -0.39 is 5.92 Å². The summed E-state index contributed by atoms with van der Waals surface area (Å²) in [6.07, 6.45) is 0. The van der Waals surface area contributed by atoms with E-state index in [2.05, 4.69) is 5.32 Å². The number of likely N-dealkylation sites (N-methyl/N-ethyl adjacent to an activating group) is 1. The Kier molecular flexibility index (Phi) is 6.18. The zero-order chi connectivity index (χ0) is 15.1. The predicted molar refractivity (Wildman–Crippen MR) is 78.9 cm³/mol. The van der Waals surface area contributed by atoms with E-state index in [9.17, 15) is 9.59 Å². The van der Waals surface area contributed by atoms with Crippen LogP contribution in [0, 0.1) is 5.92 Å². The summed E-state index contributed by atoms with van der Waals surface area (Å²) < 4.78 is 0. The molecule has 1 rings (SSSR count). The average molecular weight is 277 g/mol. The van der Waals surface area contributed by atoms with Crippen LogP contribution in [0.5, 0.6) is 0 Å². The second-order valence-corrected chi connectivity index (χ2v) is 4.85. The number of nitrogens with two attached hydrogens (primary N) is 1. The molecule has 0 radical (unpaired) electrons. The van der Waals surface area contributed by atoms with E-state index in [0.717, 1.165) is 5.56 Å². The lowest BCUT2D eigenvalue weighted by Gasteiger charge is -2.20. The van der Waals surface area contributed by atoms with Crippen molar-refractivity contribution in [2.75, 3.05) is 20.1 Å². The van der Waals surface area contributed by atoms with Crippen molar-refractivity contribution >= 4 is 11.8 Å². The number of carbonyl (C=O) groups excluding carboxylic acids is 2. The molecule has 0 saturated heterocycles. The normalized spacial score (nSPS) is 13.4. The molecule has 0 aromatic heterocycles. The SMILES string of the molecule is CCN(C)C(=O)CNC(=O)C(C)C(N)c1ccccc1. The van der Waals surface area contributed by atoms with Gasteiger partial charge in [-0.25, -0.2) is 0 Å². The van der Waals surface area contributed by atoms with E-state index in [4.69, 9.17) is 5.73 Å². The monoisotopic (exact) mass is 277 g/mol. The largest absolute Gasteiger partial charge is 0.347 e. The minimum absolute atomic E-state index is 0.00895. The number of carbonyl (C=O) groups is 2. The smallest absolute Gasteiger partial charge is 0.241 e. The minimum Gasteiger partial charge on any atom is -0.347 e. The third kappa shape index (κ3) is 4.35. The molecule has 20 heavy (non-hydrogen) atoms. The van der Waals surface area contributed by atoms with Crippen molar-refractivity contribution in [3.8, 4) is 0 Å². The quantitative estimate of drug-likeness (QED) is 0.812. The van der Waals surface area contributed by atoms with Gasteiger partial charge in [0, 0.05) is 19.6 Å². The standard InChI is InChI=1S/C15H23N3O2/c1-4-18(3)13(19)10-17-15(20)11(2)14(16)12-8-6-5-7-9-12/h5-9,11,14H,4,10,16H2,1-3H3,(H,17,20). The van der Waals surface area contributed by atoms with Gasteiger partial charge in [-0.05, 0) is 12.5 Å². The number of hydrogen-bond acceptors (Lipinski definition) is 3. The molecule has 1 aromatic rings. The predicted octanol–water partition coefficient (Wildman–Crippen LogP) is 0.917. The average Bonchev–Trinajstić information content (AvgIpc) is 2.50. The van der Waals surface area contributed by atoms with Crippen LogP contribution in [-0.4, -0.2) is 36.9 Å². The first-order chi connectivity index (χ1) is 9.47. The minimum atomic E-state index is -0.392. The van der Waals surface area contributed by atoms with Crippen molar-refractivity contribution < 1.29 is 9.59 Å². The third-order valence-corrected chi connectivity index (χ3v) is 3.45. The van der Waals surface area contributed by atoms with Crippen molar-refractivity contribution in [1.82, 2.24) is 10.2 Å². The molecule has 2 atom stereocenters. The van der Waals surface area contributed by atoms with Crippen molar-refractivity contribution in [3.05, 3.63) is 35.9 Å². The van der Waals surface area contributed by atoms with Crippen molar-refractivity contribution in [2.24, 2.45) is 11.7 Å². The fraction of sp³-hybridized carbons (Fsp3) is 0.467. The summed E-state index contributed by atoms with van der Waals surface area (Å²) in [6, 6.07) is 9.09. The second kappa shape index (κ2) is 7.65. The molecule has 2 unspecified atom stereocenters. The maximum Gasteiger partial charge on any atom is 0.241 e. The fourth-order valence-electron chi connectivity index (χ4n) is 1.76. The molecule has 0 saturated carbocycles. The van der Waals surface area contributed by atoms with Gasteiger partial charge in [-0.1, -0.05) is 37.3 Å². The summed E-state index contributed by atoms with van der Waals surface area (Å²) in [5.41, 5.74) is 6.99. The topological polar surface area (TPSA) is 75.4 Å². The molecule has 0 bridgehead atoms. The highest BCUT2D eigenvalue weighted by atomic mass is 16.2.